The molecule has 0 aliphatic rings. The van der Waals surface area contributed by atoms with Crippen molar-refractivity contribution in [2.24, 2.45) is 0 Å². The zero-order valence-corrected chi connectivity index (χ0v) is 18.0. The molecule has 2 aromatic carbocycles. The van der Waals surface area contributed by atoms with Crippen molar-refractivity contribution < 1.29 is 23.9 Å². The molecule has 164 valence electrons. The van der Waals surface area contributed by atoms with Crippen LogP contribution < -0.4 is 15.4 Å². The Labute approximate surface area is 182 Å². The van der Waals surface area contributed by atoms with Crippen LogP contribution in [0.15, 0.2) is 60.7 Å². The average Bonchev–Trinajstić information content (AvgIpc) is 2.80. The summed E-state index contributed by atoms with van der Waals surface area (Å²) in [7, 11) is 1.58. The highest BCUT2D eigenvalue weighted by Crippen LogP contribution is 2.13. The second kappa shape index (κ2) is 12.2. The van der Waals surface area contributed by atoms with Gasteiger partial charge in [0.2, 0.25) is 5.91 Å². The van der Waals surface area contributed by atoms with Crippen LogP contribution in [0.1, 0.15) is 30.9 Å². The van der Waals surface area contributed by atoms with Crippen LogP contribution in [-0.2, 0) is 19.1 Å². The fraction of sp³-hybridized carbons (Fsp3) is 0.292. The Kier molecular flexibility index (Phi) is 9.29. The Balaban J connectivity index is 1.70. The number of esters is 1. The quantitative estimate of drug-likeness (QED) is 0.452. The number of benzene rings is 2. The molecule has 0 saturated carbocycles. The van der Waals surface area contributed by atoms with Crippen LogP contribution in [0.4, 0.5) is 0 Å². The number of amides is 2. The van der Waals surface area contributed by atoms with Gasteiger partial charge in [-0.3, -0.25) is 9.59 Å². The van der Waals surface area contributed by atoms with Gasteiger partial charge >= 0.3 is 5.97 Å². The molecular formula is C24H28N2O5. The maximum Gasteiger partial charge on any atom is 0.328 e. The zero-order chi connectivity index (χ0) is 22.6. The first-order chi connectivity index (χ1) is 14.9. The summed E-state index contributed by atoms with van der Waals surface area (Å²) in [6.07, 6.45) is 2.94. The number of carbonyl (C=O) groups excluding carboxylic acids is 3. The standard InChI is InChI=1S/C24H28N2O5/c1-17(20-7-5-4-6-8-20)15-25-23(28)16-31-24(29)18(2)26-22(27)14-11-19-9-12-21(30-3)13-10-19/h4-14,17-18H,15-16H2,1-3H3,(H,25,28)(H,26,27)/b14-11+/t17-,18-/m0/s1. The fourth-order valence-electron chi connectivity index (χ4n) is 2.69. The van der Waals surface area contributed by atoms with Gasteiger partial charge in [0.25, 0.3) is 5.91 Å². The molecule has 2 rings (SSSR count). The Hall–Kier alpha value is -3.61. The fourth-order valence-corrected chi connectivity index (χ4v) is 2.69. The van der Waals surface area contributed by atoms with Crippen LogP contribution in [0.5, 0.6) is 5.75 Å². The Morgan fingerprint density at radius 1 is 1.00 bits per heavy atom. The monoisotopic (exact) mass is 424 g/mol. The average molecular weight is 424 g/mol. The lowest BCUT2D eigenvalue weighted by Crippen LogP contribution is -2.40. The van der Waals surface area contributed by atoms with E-state index in [1.165, 1.54) is 13.0 Å². The molecule has 2 amide bonds. The topological polar surface area (TPSA) is 93.7 Å². The summed E-state index contributed by atoms with van der Waals surface area (Å²) in [5.74, 6) is -0.666. The molecule has 0 bridgehead atoms. The van der Waals surface area contributed by atoms with Crippen molar-refractivity contribution in [3.63, 3.8) is 0 Å². The number of carbonyl (C=O) groups is 3. The summed E-state index contributed by atoms with van der Waals surface area (Å²) in [5, 5.41) is 5.25. The number of rotatable bonds is 10. The number of nitrogens with one attached hydrogen (secondary N) is 2. The predicted octanol–water partition coefficient (Wildman–Crippen LogP) is 2.68. The van der Waals surface area contributed by atoms with Gasteiger partial charge in [-0.1, -0.05) is 49.4 Å². The highest BCUT2D eigenvalue weighted by Gasteiger charge is 2.17. The Bertz CT molecular complexity index is 894. The van der Waals surface area contributed by atoms with Crippen LogP contribution in [0.25, 0.3) is 6.08 Å². The summed E-state index contributed by atoms with van der Waals surface area (Å²) in [5.41, 5.74) is 1.92. The van der Waals surface area contributed by atoms with E-state index >= 15 is 0 Å². The third-order valence-electron chi connectivity index (χ3n) is 4.57. The molecule has 2 N–H and O–H groups in total. The maximum atomic E-state index is 12.0. The smallest absolute Gasteiger partial charge is 0.328 e. The first-order valence-corrected chi connectivity index (χ1v) is 10.00. The SMILES string of the molecule is COc1ccc(/C=C/C(=O)N[C@@H](C)C(=O)OCC(=O)NC[C@H](C)c2ccccc2)cc1. The molecule has 31 heavy (non-hydrogen) atoms. The van der Waals surface area contributed by atoms with Crippen LogP contribution in [0.2, 0.25) is 0 Å². The highest BCUT2D eigenvalue weighted by atomic mass is 16.5. The molecule has 0 radical (unpaired) electrons. The van der Waals surface area contributed by atoms with Gasteiger partial charge in [0.05, 0.1) is 7.11 Å². The summed E-state index contributed by atoms with van der Waals surface area (Å²) in [4.78, 5) is 36.0. The lowest BCUT2D eigenvalue weighted by molar-refractivity contribution is -0.151. The first kappa shape index (κ1) is 23.7. The van der Waals surface area contributed by atoms with E-state index < -0.39 is 30.4 Å². The van der Waals surface area contributed by atoms with Crippen LogP contribution in [0.3, 0.4) is 0 Å². The molecule has 0 aliphatic heterocycles. The van der Waals surface area contributed by atoms with E-state index in [1.807, 2.05) is 37.3 Å². The number of ether oxygens (including phenoxy) is 2. The molecule has 0 saturated heterocycles. The summed E-state index contributed by atoms with van der Waals surface area (Å²) in [6, 6.07) is 16.1. The lowest BCUT2D eigenvalue weighted by atomic mass is 10.0. The molecule has 0 aliphatic carbocycles. The molecule has 0 aromatic heterocycles. The summed E-state index contributed by atoms with van der Waals surface area (Å²) < 4.78 is 10.1. The number of methoxy groups -OCH3 is 1. The second-order valence-electron chi connectivity index (χ2n) is 7.06. The van der Waals surface area contributed by atoms with Gasteiger partial charge in [-0.2, -0.15) is 0 Å². The minimum Gasteiger partial charge on any atom is -0.497 e. The van der Waals surface area contributed by atoms with Crippen LogP contribution >= 0.6 is 0 Å². The van der Waals surface area contributed by atoms with Crippen molar-refractivity contribution in [2.45, 2.75) is 25.8 Å². The second-order valence-corrected chi connectivity index (χ2v) is 7.06. The van der Waals surface area contributed by atoms with E-state index in [9.17, 15) is 14.4 Å². The van der Waals surface area contributed by atoms with Crippen molar-refractivity contribution in [1.29, 1.82) is 0 Å². The lowest BCUT2D eigenvalue weighted by Gasteiger charge is -2.14. The Morgan fingerprint density at radius 2 is 1.68 bits per heavy atom. The van der Waals surface area contributed by atoms with E-state index in [0.717, 1.165) is 16.9 Å². The van der Waals surface area contributed by atoms with Crippen LogP contribution in [-0.4, -0.2) is 44.1 Å². The highest BCUT2D eigenvalue weighted by molar-refractivity contribution is 5.94. The van der Waals surface area contributed by atoms with Crippen molar-refractivity contribution in [3.05, 3.63) is 71.8 Å². The van der Waals surface area contributed by atoms with Crippen molar-refractivity contribution in [1.82, 2.24) is 10.6 Å². The summed E-state index contributed by atoms with van der Waals surface area (Å²) in [6.45, 7) is 3.53. The van der Waals surface area contributed by atoms with Crippen LogP contribution in [0, 0.1) is 0 Å². The predicted molar refractivity (Wildman–Crippen MR) is 118 cm³/mol. The molecule has 2 aromatic rings. The molecule has 7 heteroatoms. The van der Waals surface area contributed by atoms with E-state index in [1.54, 1.807) is 37.5 Å². The minimum absolute atomic E-state index is 0.136. The largest absolute Gasteiger partial charge is 0.497 e. The number of hydrogen-bond acceptors (Lipinski definition) is 5. The van der Waals surface area contributed by atoms with Gasteiger partial charge in [-0.25, -0.2) is 4.79 Å². The molecular weight excluding hydrogens is 396 g/mol. The van der Waals surface area contributed by atoms with E-state index in [-0.39, 0.29) is 5.92 Å². The van der Waals surface area contributed by atoms with Gasteiger partial charge in [-0.05, 0) is 42.2 Å². The maximum absolute atomic E-state index is 12.0. The van der Waals surface area contributed by atoms with Gasteiger partial charge in [0.1, 0.15) is 11.8 Å². The third kappa shape index (κ3) is 8.34. The van der Waals surface area contributed by atoms with Crippen molar-refractivity contribution in [2.75, 3.05) is 20.3 Å². The van der Waals surface area contributed by atoms with Crippen molar-refractivity contribution in [3.8, 4) is 5.75 Å². The first-order valence-electron chi connectivity index (χ1n) is 10.00. The molecule has 2 atom stereocenters. The van der Waals surface area contributed by atoms with E-state index in [0.29, 0.717) is 6.54 Å². The van der Waals surface area contributed by atoms with E-state index in [4.69, 9.17) is 9.47 Å². The van der Waals surface area contributed by atoms with Crippen molar-refractivity contribution >= 4 is 23.9 Å². The Morgan fingerprint density at radius 3 is 2.32 bits per heavy atom. The normalized spacial score (nSPS) is 12.6. The van der Waals surface area contributed by atoms with Gasteiger partial charge < -0.3 is 20.1 Å². The molecule has 7 nitrogen and oxygen atoms in total. The minimum atomic E-state index is -0.885. The molecule has 0 spiro atoms. The van der Waals surface area contributed by atoms with E-state index in [2.05, 4.69) is 10.6 Å². The van der Waals surface area contributed by atoms with Gasteiger partial charge in [0.15, 0.2) is 6.61 Å². The zero-order valence-electron chi connectivity index (χ0n) is 18.0. The molecule has 0 heterocycles. The molecule has 0 unspecified atom stereocenters. The van der Waals surface area contributed by atoms with Gasteiger partial charge in [0, 0.05) is 12.6 Å². The molecule has 0 fully saturated rings. The third-order valence-corrected chi connectivity index (χ3v) is 4.57. The van der Waals surface area contributed by atoms with Gasteiger partial charge in [-0.15, -0.1) is 0 Å². The summed E-state index contributed by atoms with van der Waals surface area (Å²) >= 11 is 0. The number of hydrogen-bond donors (Lipinski definition) is 2.